The third kappa shape index (κ3) is 13.4. The van der Waals surface area contributed by atoms with E-state index >= 15 is 0 Å². The molecule has 0 bridgehead atoms. The number of thiol groups is 1. The van der Waals surface area contributed by atoms with Crippen molar-refractivity contribution < 1.29 is 76.0 Å². The van der Waals surface area contributed by atoms with Crippen LogP contribution in [0.25, 0.3) is 4.91 Å². The average molecular weight is 1290 g/mol. The smallest absolute Gasteiger partial charge is 0.207 e. The SMILES string of the molecule is O=S(=O)(C1=CCOc2c(F)ccc(F)c21)c1ccc(Cl)cc1.O=S(=O)(c1ccc(Cl)cc1)C1c2c(F)ccc(F)c2OCC1SCCCO.O=S(=O)(c1ccc(Cl)cc1)[C@@]12CCCS[C@@H]1COc1c(F)ccc(F)c12.OCCCS. The molecule has 0 aliphatic carbocycles. The maximum absolute atomic E-state index is 14.8. The molecule has 10 rings (SSSR count). The first-order valence-corrected chi connectivity index (χ1v) is 32.5. The van der Waals surface area contributed by atoms with E-state index in [1.165, 1.54) is 102 Å². The van der Waals surface area contributed by atoms with Crippen LogP contribution in [0.5, 0.6) is 17.2 Å². The van der Waals surface area contributed by atoms with Crippen LogP contribution in [-0.2, 0) is 34.3 Å². The summed E-state index contributed by atoms with van der Waals surface area (Å²) in [4.78, 5) is -0.347. The molecular formula is C54H49Cl3F6O11S6. The number of aliphatic hydroxyl groups excluding tert-OH is 2. The second-order valence-electron chi connectivity index (χ2n) is 17.7. The van der Waals surface area contributed by atoms with Crippen LogP contribution in [0.1, 0.15) is 47.6 Å². The summed E-state index contributed by atoms with van der Waals surface area (Å²) in [7, 11) is -12.1. The third-order valence-corrected chi connectivity index (χ3v) is 23.5. The molecule has 2 N–H and O–H groups in total. The summed E-state index contributed by atoms with van der Waals surface area (Å²) >= 11 is 24.0. The van der Waals surface area contributed by atoms with Crippen LogP contribution < -0.4 is 14.2 Å². The van der Waals surface area contributed by atoms with Gasteiger partial charge < -0.3 is 24.4 Å². The minimum Gasteiger partial charge on any atom is -0.489 e. The molecule has 1 fully saturated rings. The number of fused-ring (bicyclic) bond motifs is 5. The molecule has 80 heavy (non-hydrogen) atoms. The van der Waals surface area contributed by atoms with Gasteiger partial charge in [0.15, 0.2) is 54.4 Å². The molecule has 4 atom stereocenters. The molecule has 0 radical (unpaired) electrons. The molecule has 11 nitrogen and oxygen atoms in total. The van der Waals surface area contributed by atoms with Crippen molar-refractivity contribution in [3.63, 3.8) is 0 Å². The molecular weight excluding hydrogens is 1240 g/mol. The molecule has 0 saturated carbocycles. The zero-order valence-corrected chi connectivity index (χ0v) is 48.9. The molecule has 26 heteroatoms. The van der Waals surface area contributed by atoms with Crippen LogP contribution in [0.4, 0.5) is 26.3 Å². The molecule has 0 aromatic heterocycles. The van der Waals surface area contributed by atoms with Gasteiger partial charge in [-0.25, -0.2) is 51.6 Å². The van der Waals surface area contributed by atoms with Crippen molar-refractivity contribution >= 4 is 105 Å². The Hall–Kier alpha value is -4.27. The van der Waals surface area contributed by atoms with Crippen LogP contribution in [0.15, 0.2) is 130 Å². The first-order chi connectivity index (χ1) is 38.1. The van der Waals surface area contributed by atoms with E-state index in [9.17, 15) is 51.6 Å². The van der Waals surface area contributed by atoms with Crippen LogP contribution in [0.2, 0.25) is 15.1 Å². The number of thioether (sulfide) groups is 2. The number of benzene rings is 6. The van der Waals surface area contributed by atoms with Gasteiger partial charge in [-0.2, -0.15) is 36.2 Å². The normalized spacial score (nSPS) is 19.1. The van der Waals surface area contributed by atoms with Crippen LogP contribution in [0, 0.1) is 34.9 Å². The van der Waals surface area contributed by atoms with E-state index in [1.54, 1.807) is 0 Å². The van der Waals surface area contributed by atoms with Gasteiger partial charge in [0.2, 0.25) is 9.84 Å². The summed E-state index contributed by atoms with van der Waals surface area (Å²) in [5.74, 6) is -3.87. The van der Waals surface area contributed by atoms with Crippen molar-refractivity contribution in [1.29, 1.82) is 0 Å². The van der Waals surface area contributed by atoms with Gasteiger partial charge in [0.1, 0.15) is 47.3 Å². The number of aliphatic hydroxyl groups is 2. The zero-order chi connectivity index (χ0) is 58.2. The molecule has 430 valence electrons. The molecule has 0 amide bonds. The first-order valence-electron chi connectivity index (χ1n) is 24.2. The Labute approximate surface area is 488 Å². The Morgan fingerprint density at radius 1 is 0.613 bits per heavy atom. The molecule has 6 aromatic carbocycles. The number of halogens is 9. The summed E-state index contributed by atoms with van der Waals surface area (Å²) < 4.78 is 179. The van der Waals surface area contributed by atoms with E-state index in [-0.39, 0.29) is 87.2 Å². The van der Waals surface area contributed by atoms with Crippen LogP contribution in [0.3, 0.4) is 0 Å². The lowest BCUT2D eigenvalue weighted by Crippen LogP contribution is -2.53. The predicted molar refractivity (Wildman–Crippen MR) is 303 cm³/mol. The van der Waals surface area contributed by atoms with Gasteiger partial charge in [-0.15, -0.1) is 0 Å². The molecule has 6 aromatic rings. The third-order valence-electron chi connectivity index (χ3n) is 12.7. The fraction of sp³-hybridized carbons (Fsp3) is 0.296. The van der Waals surface area contributed by atoms with Crippen molar-refractivity contribution in [3.8, 4) is 17.2 Å². The number of rotatable bonds is 12. The predicted octanol–water partition coefficient (Wildman–Crippen LogP) is 12.7. The van der Waals surface area contributed by atoms with Crippen molar-refractivity contribution in [2.24, 2.45) is 0 Å². The van der Waals surface area contributed by atoms with E-state index in [0.717, 1.165) is 54.3 Å². The number of hydrogen-bond donors (Lipinski definition) is 3. The number of hydrogen-bond acceptors (Lipinski definition) is 14. The molecule has 1 saturated heterocycles. The lowest BCUT2D eigenvalue weighted by Gasteiger charge is -2.46. The number of sulfone groups is 3. The topological polar surface area (TPSA) is 171 Å². The molecule has 4 heterocycles. The average Bonchev–Trinajstić information content (AvgIpc) is 3.65. The Morgan fingerprint density at radius 3 is 1.70 bits per heavy atom. The van der Waals surface area contributed by atoms with Gasteiger partial charge in [0, 0.05) is 28.3 Å². The van der Waals surface area contributed by atoms with Gasteiger partial charge in [0.25, 0.3) is 0 Å². The highest BCUT2D eigenvalue weighted by Gasteiger charge is 2.59. The van der Waals surface area contributed by atoms with Gasteiger partial charge >= 0.3 is 0 Å². The Kier molecular flexibility index (Phi) is 21.7. The van der Waals surface area contributed by atoms with Crippen molar-refractivity contribution in [2.75, 3.05) is 50.3 Å². The van der Waals surface area contributed by atoms with Gasteiger partial charge in [-0.05, 0) is 158 Å². The van der Waals surface area contributed by atoms with E-state index in [1.807, 2.05) is 0 Å². The molecule has 4 aliphatic rings. The van der Waals surface area contributed by atoms with E-state index < -0.39 is 90.7 Å². The maximum atomic E-state index is 14.8. The van der Waals surface area contributed by atoms with Crippen molar-refractivity contribution in [2.45, 2.75) is 60.9 Å². The monoisotopic (exact) mass is 1280 g/mol. The van der Waals surface area contributed by atoms with Gasteiger partial charge in [0.05, 0.1) is 46.8 Å². The molecule has 4 aliphatic heterocycles. The van der Waals surface area contributed by atoms with E-state index in [4.69, 9.17) is 59.2 Å². The van der Waals surface area contributed by atoms with Crippen LogP contribution in [-0.4, -0.2) is 96.3 Å². The highest BCUT2D eigenvalue weighted by molar-refractivity contribution is 8.02. The standard InChI is InChI=1S/C18H17ClF2O4S2.C18H15ClF2O3S2.C15H9ClF2O3S.C3H8OS/c19-11-2-4-12(5-3-11)27(23,24)18-15(26-9-1-8-22)10-25-17-14(21)7-6-13(20)16(17)18;19-11-2-4-12(5-3-11)26(22,23)18-8-1-9-25-15(18)10-24-17-14(21)7-6-13(20)16(17)18;16-9-1-3-10(4-2-9)22(19,20)13-7-8-21-15-12(18)6-5-11(17)14(13)15;4-2-1-3-5/h2-7,15,18,22H,1,8-10H2;2-7,15H,1,8-10H2;1-7H,8H2;4-5H,1-3H2/t;15-,18+;;/m.1../s1. The largest absolute Gasteiger partial charge is 0.489 e. The highest BCUT2D eigenvalue weighted by atomic mass is 35.5. The summed E-state index contributed by atoms with van der Waals surface area (Å²) in [6, 6.07) is 22.3. The first kappa shape index (κ1) is 63.3. The maximum Gasteiger partial charge on any atom is 0.207 e. The van der Waals surface area contributed by atoms with E-state index in [0.29, 0.717) is 33.7 Å². The summed E-state index contributed by atoms with van der Waals surface area (Å²) in [6.45, 7) is -0.000401. The second-order valence-corrected chi connectivity index (χ2v) is 28.3. The fourth-order valence-corrected chi connectivity index (χ4v) is 18.7. The zero-order valence-electron chi connectivity index (χ0n) is 41.6. The van der Waals surface area contributed by atoms with Gasteiger partial charge in [-0.1, -0.05) is 34.8 Å². The fourth-order valence-electron chi connectivity index (χ4n) is 9.04. The van der Waals surface area contributed by atoms with Gasteiger partial charge in [-0.3, -0.25) is 0 Å². The minimum absolute atomic E-state index is 0.0187. The minimum atomic E-state index is -4.05. The quantitative estimate of drug-likeness (QED) is 0.0601. The highest BCUT2D eigenvalue weighted by Crippen LogP contribution is 2.56. The second kappa shape index (κ2) is 27.4. The number of ether oxygens (including phenoxy) is 3. The summed E-state index contributed by atoms with van der Waals surface area (Å²) in [5.41, 5.74) is -0.866. The molecule has 2 unspecified atom stereocenters. The Bertz CT molecular complexity index is 3550. The Morgan fingerprint density at radius 2 is 1.12 bits per heavy atom. The van der Waals surface area contributed by atoms with E-state index in [2.05, 4.69) is 12.6 Å². The van der Waals surface area contributed by atoms with Crippen LogP contribution >= 0.6 is 71.0 Å². The van der Waals surface area contributed by atoms with Crippen molar-refractivity contribution in [3.05, 3.63) is 182 Å². The lowest BCUT2D eigenvalue weighted by molar-refractivity contribution is 0.231. The Balaban J connectivity index is 0.000000167. The summed E-state index contributed by atoms with van der Waals surface area (Å²) in [6.07, 6.45) is 3.28. The van der Waals surface area contributed by atoms with Crippen molar-refractivity contribution in [1.82, 2.24) is 0 Å². The molecule has 0 spiro atoms. The summed E-state index contributed by atoms with van der Waals surface area (Å²) in [5, 5.41) is 15.7. The lowest BCUT2D eigenvalue weighted by atomic mass is 9.86.